The number of carbonyl (C=O) groups excluding carboxylic acids is 2. The Hall–Kier alpha value is -2.66. The molecule has 3 fully saturated rings. The Morgan fingerprint density at radius 2 is 1.61 bits per heavy atom. The summed E-state index contributed by atoms with van der Waals surface area (Å²) >= 11 is 0. The van der Waals surface area contributed by atoms with E-state index >= 15 is 0 Å². The molecule has 33 heavy (non-hydrogen) atoms. The van der Waals surface area contributed by atoms with Crippen LogP contribution in [0, 0.1) is 37.5 Å². The molecule has 2 amide bonds. The molecular formula is C28H34N2O3. The summed E-state index contributed by atoms with van der Waals surface area (Å²) < 4.78 is 0. The van der Waals surface area contributed by atoms with Crippen LogP contribution in [-0.2, 0) is 10.4 Å². The Balaban J connectivity index is 1.19. The van der Waals surface area contributed by atoms with Gasteiger partial charge in [0, 0.05) is 31.1 Å². The van der Waals surface area contributed by atoms with E-state index in [0.717, 1.165) is 55.5 Å². The highest BCUT2D eigenvalue weighted by Crippen LogP contribution is 2.51. The molecule has 5 rings (SSSR count). The molecule has 2 aromatic rings. The number of aryl methyl sites for hydroxylation is 2. The van der Waals surface area contributed by atoms with Gasteiger partial charge in [-0.25, -0.2) is 0 Å². The summed E-state index contributed by atoms with van der Waals surface area (Å²) in [7, 11) is 0. The van der Waals surface area contributed by atoms with Crippen molar-refractivity contribution >= 4 is 11.8 Å². The first-order chi connectivity index (χ1) is 15.9. The van der Waals surface area contributed by atoms with Crippen LogP contribution in [0.1, 0.15) is 52.7 Å². The fourth-order valence-corrected chi connectivity index (χ4v) is 6.33. The number of fused-ring (bicyclic) bond motifs is 1. The lowest BCUT2D eigenvalue weighted by atomic mass is 9.79. The van der Waals surface area contributed by atoms with Crippen molar-refractivity contribution in [1.29, 1.82) is 0 Å². The predicted molar refractivity (Wildman–Crippen MR) is 128 cm³/mol. The van der Waals surface area contributed by atoms with Crippen molar-refractivity contribution in [2.45, 2.75) is 45.1 Å². The van der Waals surface area contributed by atoms with Gasteiger partial charge in [0.15, 0.2) is 5.60 Å². The minimum Gasteiger partial charge on any atom is -0.375 e. The fraction of sp³-hybridized carbons (Fsp3) is 0.500. The van der Waals surface area contributed by atoms with Crippen molar-refractivity contribution in [3.63, 3.8) is 0 Å². The Morgan fingerprint density at radius 3 is 2.21 bits per heavy atom. The van der Waals surface area contributed by atoms with E-state index in [1.165, 1.54) is 0 Å². The molecule has 174 valence electrons. The molecule has 0 aromatic heterocycles. The molecule has 1 heterocycles. The average Bonchev–Trinajstić information content (AvgIpc) is 3.22. The first-order valence-electron chi connectivity index (χ1n) is 12.3. The van der Waals surface area contributed by atoms with E-state index in [4.69, 9.17) is 0 Å². The van der Waals surface area contributed by atoms with Crippen LogP contribution in [0.4, 0.5) is 0 Å². The zero-order valence-electron chi connectivity index (χ0n) is 19.6. The minimum atomic E-state index is -1.47. The lowest BCUT2D eigenvalue weighted by Gasteiger charge is -2.33. The molecule has 2 N–H and O–H groups in total. The second-order valence-electron chi connectivity index (χ2n) is 10.4. The number of piperidine rings is 1. The van der Waals surface area contributed by atoms with Crippen molar-refractivity contribution in [1.82, 2.24) is 10.2 Å². The van der Waals surface area contributed by atoms with Gasteiger partial charge in [-0.1, -0.05) is 60.4 Å². The van der Waals surface area contributed by atoms with Crippen LogP contribution >= 0.6 is 0 Å². The Kier molecular flexibility index (Phi) is 5.77. The van der Waals surface area contributed by atoms with E-state index in [-0.39, 0.29) is 17.7 Å². The minimum absolute atomic E-state index is 0.0375. The van der Waals surface area contributed by atoms with E-state index in [2.05, 4.69) is 11.4 Å². The quantitative estimate of drug-likeness (QED) is 0.709. The van der Waals surface area contributed by atoms with Crippen molar-refractivity contribution < 1.29 is 14.7 Å². The lowest BCUT2D eigenvalue weighted by molar-refractivity contribution is -0.147. The standard InChI is InChI=1S/C28H34N2O3/c1-18-12-19(2)14-20(13-18)26(31)30-16-24-23(25(24)17-30)15-29-27(32)28(33,22-10-6-7-11-22)21-8-4-3-5-9-21/h3-5,8-9,12-14,22-25,33H,6-7,10-11,15-17H2,1-2H3,(H,29,32). The molecule has 3 aliphatic rings. The molecule has 2 saturated carbocycles. The summed E-state index contributed by atoms with van der Waals surface area (Å²) in [6, 6.07) is 15.4. The largest absolute Gasteiger partial charge is 0.375 e. The molecule has 5 heteroatoms. The first kappa shape index (κ1) is 22.1. The predicted octanol–water partition coefficient (Wildman–Crippen LogP) is 3.82. The number of rotatable bonds is 6. The van der Waals surface area contributed by atoms with Crippen LogP contribution in [0.5, 0.6) is 0 Å². The van der Waals surface area contributed by atoms with Gasteiger partial charge in [0.25, 0.3) is 11.8 Å². The maximum absolute atomic E-state index is 13.3. The van der Waals surface area contributed by atoms with Crippen LogP contribution in [0.2, 0.25) is 0 Å². The van der Waals surface area contributed by atoms with Gasteiger partial charge in [-0.3, -0.25) is 9.59 Å². The molecule has 2 aromatic carbocycles. The summed E-state index contributed by atoms with van der Waals surface area (Å²) in [5.74, 6) is 1.07. The monoisotopic (exact) mass is 446 g/mol. The Labute approximate surface area is 196 Å². The lowest BCUT2D eigenvalue weighted by Crippen LogP contribution is -2.49. The zero-order chi connectivity index (χ0) is 23.2. The molecule has 3 atom stereocenters. The van der Waals surface area contributed by atoms with Gasteiger partial charge < -0.3 is 15.3 Å². The molecule has 0 radical (unpaired) electrons. The second kappa shape index (κ2) is 8.60. The molecule has 5 nitrogen and oxygen atoms in total. The van der Waals surface area contributed by atoms with Gasteiger partial charge in [-0.05, 0) is 62.1 Å². The number of nitrogens with one attached hydrogen (secondary N) is 1. The average molecular weight is 447 g/mol. The van der Waals surface area contributed by atoms with Gasteiger partial charge >= 0.3 is 0 Å². The second-order valence-corrected chi connectivity index (χ2v) is 10.4. The highest BCUT2D eigenvalue weighted by Gasteiger charge is 2.57. The molecule has 1 aliphatic heterocycles. The van der Waals surface area contributed by atoms with E-state index in [9.17, 15) is 14.7 Å². The third-order valence-electron chi connectivity index (χ3n) is 8.13. The van der Waals surface area contributed by atoms with Crippen LogP contribution in [0.3, 0.4) is 0 Å². The number of hydrogen-bond acceptors (Lipinski definition) is 3. The molecule has 3 unspecified atom stereocenters. The summed E-state index contributed by atoms with van der Waals surface area (Å²) in [4.78, 5) is 28.2. The topological polar surface area (TPSA) is 69.6 Å². The molecule has 0 bridgehead atoms. The van der Waals surface area contributed by atoms with Crippen LogP contribution in [0.15, 0.2) is 48.5 Å². The number of hydrogen-bond donors (Lipinski definition) is 2. The normalized spacial score (nSPS) is 26.0. The first-order valence-corrected chi connectivity index (χ1v) is 12.3. The van der Waals surface area contributed by atoms with Crippen molar-refractivity contribution in [2.24, 2.45) is 23.7 Å². The van der Waals surface area contributed by atoms with Gasteiger partial charge in [0.05, 0.1) is 0 Å². The maximum atomic E-state index is 13.3. The smallest absolute Gasteiger partial charge is 0.256 e. The van der Waals surface area contributed by atoms with Crippen molar-refractivity contribution in [3.05, 3.63) is 70.8 Å². The number of likely N-dealkylation sites (tertiary alicyclic amines) is 1. The molecule has 0 spiro atoms. The van der Waals surface area contributed by atoms with Gasteiger partial charge in [0.2, 0.25) is 0 Å². The van der Waals surface area contributed by atoms with E-state index < -0.39 is 5.60 Å². The fourth-order valence-electron chi connectivity index (χ4n) is 6.33. The van der Waals surface area contributed by atoms with Crippen LogP contribution < -0.4 is 5.32 Å². The van der Waals surface area contributed by atoms with Crippen LogP contribution in [0.25, 0.3) is 0 Å². The molecule has 2 aliphatic carbocycles. The summed E-state index contributed by atoms with van der Waals surface area (Å²) in [5, 5.41) is 14.7. The SMILES string of the molecule is Cc1cc(C)cc(C(=O)N2CC3C(CNC(=O)C(O)(c4ccccc4)C4CCCC4)C3C2)c1. The highest BCUT2D eigenvalue weighted by molar-refractivity contribution is 5.95. The summed E-state index contributed by atoms with van der Waals surface area (Å²) in [6.07, 6.45) is 3.88. The van der Waals surface area contributed by atoms with Crippen molar-refractivity contribution in [3.8, 4) is 0 Å². The highest BCUT2D eigenvalue weighted by atomic mass is 16.3. The number of carbonyl (C=O) groups is 2. The Morgan fingerprint density at radius 1 is 1.00 bits per heavy atom. The van der Waals surface area contributed by atoms with Gasteiger partial charge in [0.1, 0.15) is 0 Å². The summed E-state index contributed by atoms with van der Waals surface area (Å²) in [5.41, 5.74) is 2.21. The number of nitrogens with zero attached hydrogens (tertiary/aromatic N) is 1. The number of amides is 2. The van der Waals surface area contributed by atoms with Crippen molar-refractivity contribution in [2.75, 3.05) is 19.6 Å². The molecule has 1 saturated heterocycles. The third kappa shape index (κ3) is 4.08. The van der Waals surface area contributed by atoms with Gasteiger partial charge in [-0.15, -0.1) is 0 Å². The number of benzene rings is 2. The number of aliphatic hydroxyl groups is 1. The Bertz CT molecular complexity index is 1010. The zero-order valence-corrected chi connectivity index (χ0v) is 19.6. The van der Waals surface area contributed by atoms with Crippen LogP contribution in [-0.4, -0.2) is 41.5 Å². The van der Waals surface area contributed by atoms with E-state index in [1.807, 2.05) is 61.2 Å². The van der Waals surface area contributed by atoms with E-state index in [0.29, 0.717) is 29.9 Å². The van der Waals surface area contributed by atoms with E-state index in [1.54, 1.807) is 0 Å². The van der Waals surface area contributed by atoms with Gasteiger partial charge in [-0.2, -0.15) is 0 Å². The maximum Gasteiger partial charge on any atom is 0.256 e. The third-order valence-corrected chi connectivity index (χ3v) is 8.13. The molecular weight excluding hydrogens is 412 g/mol. The summed E-state index contributed by atoms with van der Waals surface area (Å²) in [6.45, 7) is 6.12.